The van der Waals surface area contributed by atoms with Gasteiger partial charge in [0.05, 0.1) is 24.6 Å². The smallest absolute Gasteiger partial charge is 0.341 e. The van der Waals surface area contributed by atoms with Gasteiger partial charge in [-0.05, 0) is 57.9 Å². The minimum Gasteiger partial charge on any atom is -0.462 e. The molecule has 2 aliphatic rings. The molecule has 2 heterocycles. The minimum absolute atomic E-state index is 0.0820. The van der Waals surface area contributed by atoms with Crippen LogP contribution in [0.15, 0.2) is 0 Å². The van der Waals surface area contributed by atoms with E-state index >= 15 is 0 Å². The summed E-state index contributed by atoms with van der Waals surface area (Å²) in [6.45, 7) is 7.80. The van der Waals surface area contributed by atoms with Crippen molar-refractivity contribution in [3.63, 3.8) is 0 Å². The van der Waals surface area contributed by atoms with E-state index in [1.165, 1.54) is 16.2 Å². The van der Waals surface area contributed by atoms with Gasteiger partial charge in [-0.15, -0.1) is 11.3 Å². The Morgan fingerprint density at radius 2 is 2.00 bits per heavy atom. The summed E-state index contributed by atoms with van der Waals surface area (Å²) in [5.41, 5.74) is 1.57. The first kappa shape index (κ1) is 23.7. The molecule has 1 aromatic heterocycles. The topological polar surface area (TPSA) is 87.7 Å². The van der Waals surface area contributed by atoms with E-state index in [9.17, 15) is 14.4 Å². The predicted molar refractivity (Wildman–Crippen MR) is 123 cm³/mol. The van der Waals surface area contributed by atoms with Crippen LogP contribution in [0.25, 0.3) is 0 Å². The number of nitrogens with one attached hydrogen (secondary N) is 2. The van der Waals surface area contributed by atoms with Crippen LogP contribution in [-0.4, -0.2) is 55.0 Å². The van der Waals surface area contributed by atoms with Crippen molar-refractivity contribution in [3.8, 4) is 0 Å². The van der Waals surface area contributed by atoms with E-state index in [-0.39, 0.29) is 36.3 Å². The lowest BCUT2D eigenvalue weighted by Crippen LogP contribution is -2.49. The lowest BCUT2D eigenvalue weighted by Gasteiger charge is -2.36. The summed E-state index contributed by atoms with van der Waals surface area (Å²) in [7, 11) is 0. The van der Waals surface area contributed by atoms with Gasteiger partial charge in [-0.2, -0.15) is 0 Å². The Morgan fingerprint density at radius 1 is 1.19 bits per heavy atom. The van der Waals surface area contributed by atoms with E-state index in [4.69, 9.17) is 4.74 Å². The Kier molecular flexibility index (Phi) is 8.49. The van der Waals surface area contributed by atoms with Gasteiger partial charge in [0.1, 0.15) is 5.00 Å². The molecule has 8 heteroatoms. The summed E-state index contributed by atoms with van der Waals surface area (Å²) in [5, 5.41) is 6.59. The third kappa shape index (κ3) is 5.86. The number of ether oxygens (including phenoxy) is 1. The number of hydrogen-bond donors (Lipinski definition) is 2. The van der Waals surface area contributed by atoms with Crippen molar-refractivity contribution in [1.82, 2.24) is 10.2 Å². The highest BCUT2D eigenvalue weighted by Crippen LogP contribution is 2.39. The number of rotatable bonds is 9. The Morgan fingerprint density at radius 3 is 2.74 bits per heavy atom. The SMILES string of the molecule is CCCCNC(=O)C1CCC(C)N(CC(=O)Nc2sc3c(c2C(=O)OCC)CCC3)C1. The van der Waals surface area contributed by atoms with Gasteiger partial charge in [-0.3, -0.25) is 14.5 Å². The van der Waals surface area contributed by atoms with Crippen LogP contribution in [0.1, 0.15) is 73.7 Å². The van der Waals surface area contributed by atoms with E-state index < -0.39 is 0 Å². The number of carbonyl (C=O) groups excluding carboxylic acids is 3. The van der Waals surface area contributed by atoms with Crippen molar-refractivity contribution >= 4 is 34.1 Å². The number of aryl methyl sites for hydroxylation is 1. The lowest BCUT2D eigenvalue weighted by molar-refractivity contribution is -0.128. The average Bonchev–Trinajstić information content (AvgIpc) is 3.30. The van der Waals surface area contributed by atoms with Crippen molar-refractivity contribution in [2.45, 2.75) is 71.8 Å². The van der Waals surface area contributed by atoms with E-state index in [2.05, 4.69) is 29.4 Å². The van der Waals surface area contributed by atoms with Crippen molar-refractivity contribution < 1.29 is 19.1 Å². The molecular formula is C23H35N3O4S. The summed E-state index contributed by atoms with van der Waals surface area (Å²) in [4.78, 5) is 41.1. The highest BCUT2D eigenvalue weighted by Gasteiger charge is 2.32. The molecule has 2 atom stereocenters. The number of amides is 2. The monoisotopic (exact) mass is 449 g/mol. The van der Waals surface area contributed by atoms with Crippen molar-refractivity contribution in [1.29, 1.82) is 0 Å². The van der Waals surface area contributed by atoms with Crippen LogP contribution in [0.2, 0.25) is 0 Å². The highest BCUT2D eigenvalue weighted by molar-refractivity contribution is 7.17. The quantitative estimate of drug-likeness (QED) is 0.446. The number of piperidine rings is 1. The van der Waals surface area contributed by atoms with Gasteiger partial charge in [0.25, 0.3) is 0 Å². The normalized spacial score (nSPS) is 20.9. The Balaban J connectivity index is 1.62. The van der Waals surface area contributed by atoms with Crippen LogP contribution in [0.3, 0.4) is 0 Å². The molecule has 2 amide bonds. The molecule has 1 saturated heterocycles. The van der Waals surface area contributed by atoms with Gasteiger partial charge in [-0.1, -0.05) is 13.3 Å². The van der Waals surface area contributed by atoms with Gasteiger partial charge in [0.15, 0.2) is 0 Å². The molecule has 172 valence electrons. The molecule has 0 aromatic carbocycles. The Bertz CT molecular complexity index is 807. The number of carbonyl (C=O) groups is 3. The van der Waals surface area contributed by atoms with Crippen molar-refractivity contribution in [2.24, 2.45) is 5.92 Å². The van der Waals surface area contributed by atoms with Gasteiger partial charge in [-0.25, -0.2) is 4.79 Å². The zero-order valence-electron chi connectivity index (χ0n) is 18.9. The lowest BCUT2D eigenvalue weighted by atomic mass is 9.92. The molecule has 0 bridgehead atoms. The van der Waals surface area contributed by atoms with Gasteiger partial charge in [0, 0.05) is 24.0 Å². The van der Waals surface area contributed by atoms with Gasteiger partial charge in [0.2, 0.25) is 11.8 Å². The van der Waals surface area contributed by atoms with Gasteiger partial charge >= 0.3 is 5.97 Å². The molecular weight excluding hydrogens is 414 g/mol. The maximum Gasteiger partial charge on any atom is 0.341 e. The van der Waals surface area contributed by atoms with Crippen LogP contribution in [0.4, 0.5) is 5.00 Å². The van der Waals surface area contributed by atoms with E-state index in [0.29, 0.717) is 30.3 Å². The van der Waals surface area contributed by atoms with Crippen LogP contribution < -0.4 is 10.6 Å². The first-order chi connectivity index (χ1) is 14.9. The molecule has 7 nitrogen and oxygen atoms in total. The summed E-state index contributed by atoms with van der Waals surface area (Å²) in [6, 6.07) is 0.239. The number of anilines is 1. The van der Waals surface area contributed by atoms with Crippen LogP contribution >= 0.6 is 11.3 Å². The number of unbranched alkanes of at least 4 members (excludes halogenated alkanes) is 1. The maximum atomic E-state index is 12.9. The van der Waals surface area contributed by atoms with Crippen LogP contribution in [0, 0.1) is 5.92 Å². The number of esters is 1. The molecule has 0 radical (unpaired) electrons. The largest absolute Gasteiger partial charge is 0.462 e. The predicted octanol–water partition coefficient (Wildman–Crippen LogP) is 3.37. The second kappa shape index (κ2) is 11.1. The fourth-order valence-electron chi connectivity index (χ4n) is 4.41. The first-order valence-electron chi connectivity index (χ1n) is 11.6. The van der Waals surface area contributed by atoms with Crippen LogP contribution in [-0.2, 0) is 27.2 Å². The van der Waals surface area contributed by atoms with Gasteiger partial charge < -0.3 is 15.4 Å². The first-order valence-corrected chi connectivity index (χ1v) is 12.4. The molecule has 0 saturated carbocycles. The molecule has 1 aliphatic carbocycles. The summed E-state index contributed by atoms with van der Waals surface area (Å²) in [5.74, 6) is -0.497. The number of thiophene rings is 1. The molecule has 2 unspecified atom stereocenters. The average molecular weight is 450 g/mol. The van der Waals surface area contributed by atoms with Crippen molar-refractivity contribution in [3.05, 3.63) is 16.0 Å². The molecule has 2 N–H and O–H groups in total. The zero-order valence-corrected chi connectivity index (χ0v) is 19.7. The third-order valence-corrected chi connectivity index (χ3v) is 7.42. The molecule has 1 aromatic rings. The number of likely N-dealkylation sites (tertiary alicyclic amines) is 1. The van der Waals surface area contributed by atoms with Crippen LogP contribution in [0.5, 0.6) is 0 Å². The van der Waals surface area contributed by atoms with E-state index in [0.717, 1.165) is 50.5 Å². The van der Waals surface area contributed by atoms with E-state index in [1.54, 1.807) is 6.92 Å². The third-order valence-electron chi connectivity index (χ3n) is 6.21. The molecule has 3 rings (SSSR count). The number of nitrogens with zero attached hydrogens (tertiary/aromatic N) is 1. The number of fused-ring (bicyclic) bond motifs is 1. The minimum atomic E-state index is -0.354. The second-order valence-electron chi connectivity index (χ2n) is 8.53. The standard InChI is InChI=1S/C23H35N3O4S/c1-4-6-12-24-21(28)16-11-10-15(3)26(13-16)14-19(27)25-22-20(23(29)30-5-2)17-8-7-9-18(17)31-22/h15-16H,4-14H2,1-3H3,(H,24,28)(H,25,27). The highest BCUT2D eigenvalue weighted by atomic mass is 32.1. The van der Waals surface area contributed by atoms with Crippen molar-refractivity contribution in [2.75, 3.05) is 31.6 Å². The van der Waals surface area contributed by atoms with E-state index in [1.807, 2.05) is 0 Å². The number of hydrogen-bond acceptors (Lipinski definition) is 6. The summed E-state index contributed by atoms with van der Waals surface area (Å²) in [6.07, 6.45) is 6.61. The summed E-state index contributed by atoms with van der Waals surface area (Å²) >= 11 is 1.50. The fourth-order valence-corrected chi connectivity index (χ4v) is 5.70. The Hall–Kier alpha value is -1.93. The summed E-state index contributed by atoms with van der Waals surface area (Å²) < 4.78 is 5.24. The second-order valence-corrected chi connectivity index (χ2v) is 9.63. The zero-order chi connectivity index (χ0) is 22.4. The molecule has 31 heavy (non-hydrogen) atoms. The fraction of sp³-hybridized carbons (Fsp3) is 0.696. The molecule has 1 aliphatic heterocycles. The molecule has 0 spiro atoms. The maximum absolute atomic E-state index is 12.9. The Labute approximate surface area is 188 Å². The molecule has 1 fully saturated rings.